The number of carbonyl (C=O) groups excluding carboxylic acids is 1. The maximum absolute atomic E-state index is 11.7. The number of aliphatic hydroxyl groups excluding tert-OH is 4. The molecule has 0 radical (unpaired) electrons. The fraction of sp³-hybridized carbons (Fsp3) is 0.774. The van der Waals surface area contributed by atoms with Crippen LogP contribution >= 0.6 is 0 Å². The molecule has 0 aliphatic carbocycles. The Kier molecular flexibility index (Phi) is 21.2. The Balaban J connectivity index is 0.000000517. The molecule has 43 heavy (non-hydrogen) atoms. The summed E-state index contributed by atoms with van der Waals surface area (Å²) in [7, 11) is 1.68. The van der Waals surface area contributed by atoms with Crippen molar-refractivity contribution in [1.82, 2.24) is 9.80 Å². The molecule has 12 nitrogen and oxygen atoms in total. The van der Waals surface area contributed by atoms with E-state index in [4.69, 9.17) is 28.8 Å². The molecule has 1 aromatic rings. The monoisotopic (exact) mass is 616 g/mol. The third-order valence-electron chi connectivity index (χ3n) is 7.10. The summed E-state index contributed by atoms with van der Waals surface area (Å²) in [6.45, 7) is 12.3. The van der Waals surface area contributed by atoms with E-state index in [0.717, 1.165) is 32.5 Å². The fourth-order valence-electron chi connectivity index (χ4n) is 4.06. The Morgan fingerprint density at radius 1 is 0.930 bits per heavy atom. The van der Waals surface area contributed by atoms with E-state index in [1.165, 1.54) is 0 Å². The Hall–Kier alpha value is -2.03. The summed E-state index contributed by atoms with van der Waals surface area (Å²) in [4.78, 5) is 15.6. The van der Waals surface area contributed by atoms with Gasteiger partial charge in [-0.25, -0.2) is 4.79 Å². The highest BCUT2D eigenvalue weighted by Gasteiger charge is 2.27. The van der Waals surface area contributed by atoms with Crippen molar-refractivity contribution < 1.29 is 48.9 Å². The molecule has 0 saturated carbocycles. The van der Waals surface area contributed by atoms with Crippen LogP contribution in [0.1, 0.15) is 57.6 Å². The van der Waals surface area contributed by atoms with E-state index in [0.29, 0.717) is 82.4 Å². The molecule has 250 valence electrons. The number of benzene rings is 1. The number of methoxy groups -OCH3 is 1. The topological polar surface area (TPSA) is 151 Å². The van der Waals surface area contributed by atoms with Gasteiger partial charge in [0.25, 0.3) is 0 Å². The van der Waals surface area contributed by atoms with Crippen LogP contribution in [0.2, 0.25) is 0 Å². The molecule has 0 aromatic heterocycles. The first-order valence-electron chi connectivity index (χ1n) is 15.3. The summed E-state index contributed by atoms with van der Waals surface area (Å²) in [6, 6.07) is 5.30. The van der Waals surface area contributed by atoms with Crippen LogP contribution in [0, 0.1) is 0 Å². The lowest BCUT2D eigenvalue weighted by Crippen LogP contribution is -2.43. The van der Waals surface area contributed by atoms with Crippen LogP contribution in [-0.4, -0.2) is 134 Å². The van der Waals surface area contributed by atoms with Gasteiger partial charge in [0.15, 0.2) is 0 Å². The number of piperidine rings is 1. The van der Waals surface area contributed by atoms with Crippen molar-refractivity contribution in [2.45, 2.75) is 71.4 Å². The predicted octanol–water partition coefficient (Wildman–Crippen LogP) is 2.18. The number of hydrogen-bond acceptors (Lipinski definition) is 11. The van der Waals surface area contributed by atoms with Gasteiger partial charge in [0.2, 0.25) is 0 Å². The third-order valence-corrected chi connectivity index (χ3v) is 7.10. The number of rotatable bonds is 20. The average molecular weight is 617 g/mol. The molecule has 0 bridgehead atoms. The minimum Gasteiger partial charge on any atom is -0.490 e. The molecule has 1 aromatic carbocycles. The number of ether oxygens (including phenoxy) is 5. The van der Waals surface area contributed by atoms with Crippen LogP contribution < -0.4 is 4.74 Å². The highest BCUT2D eigenvalue weighted by atomic mass is 16.6. The highest BCUT2D eigenvalue weighted by molar-refractivity contribution is 5.68. The van der Waals surface area contributed by atoms with Crippen LogP contribution in [0.4, 0.5) is 4.79 Å². The summed E-state index contributed by atoms with van der Waals surface area (Å²) in [5, 5.41) is 37.0. The van der Waals surface area contributed by atoms with Gasteiger partial charge in [-0.15, -0.1) is 0 Å². The lowest BCUT2D eigenvalue weighted by Gasteiger charge is -2.32. The molecule has 1 aliphatic rings. The standard InChI is InChI=1S/C20H35NO7.C11H21NO3/c1-25-10-7-21(6-3-9-22)8-11-26-12-13-27-14-15-28-20-18(16-23)4-2-5-19(20)17-24;1-4-11(2,3)15-10(14)12-7-5-9(13)6-8-12/h2,4-5,22-24H,3,6-17H2,1H3;9,13H,4-8H2,1-3H3. The Bertz CT molecular complexity index is 820. The maximum Gasteiger partial charge on any atom is 0.410 e. The SMILES string of the molecule is CCC(C)(C)OC(=O)N1CCC(O)CC1.COCCN(CCCO)CCOCCOCCOc1c(CO)cccc1CO. The summed E-state index contributed by atoms with van der Waals surface area (Å²) in [5.74, 6) is 0.520. The molecular weight excluding hydrogens is 560 g/mol. The number of amides is 1. The number of carbonyl (C=O) groups is 1. The zero-order valence-electron chi connectivity index (χ0n) is 26.7. The molecule has 1 amide bonds. The van der Waals surface area contributed by atoms with Gasteiger partial charge >= 0.3 is 6.09 Å². The maximum atomic E-state index is 11.7. The van der Waals surface area contributed by atoms with Crippen LogP contribution in [0.3, 0.4) is 0 Å². The van der Waals surface area contributed by atoms with Crippen molar-refractivity contribution in [3.63, 3.8) is 0 Å². The normalized spacial score (nSPS) is 14.0. The number of nitrogens with zero attached hydrogens (tertiary/aromatic N) is 2. The largest absolute Gasteiger partial charge is 0.490 e. The molecule has 1 heterocycles. The van der Waals surface area contributed by atoms with Crippen LogP contribution in [-0.2, 0) is 32.2 Å². The van der Waals surface area contributed by atoms with E-state index in [9.17, 15) is 20.1 Å². The molecule has 0 unspecified atom stereocenters. The Morgan fingerprint density at radius 3 is 2.07 bits per heavy atom. The second kappa shape index (κ2) is 23.4. The molecule has 1 saturated heterocycles. The smallest absolute Gasteiger partial charge is 0.410 e. The van der Waals surface area contributed by atoms with Crippen molar-refractivity contribution in [3.05, 3.63) is 29.3 Å². The molecule has 1 fully saturated rings. The number of likely N-dealkylation sites (tertiary alicyclic amines) is 1. The van der Waals surface area contributed by atoms with Crippen molar-refractivity contribution >= 4 is 6.09 Å². The van der Waals surface area contributed by atoms with Gasteiger partial charge in [-0.05, 0) is 39.5 Å². The molecule has 0 spiro atoms. The van der Waals surface area contributed by atoms with E-state index in [1.807, 2.05) is 20.8 Å². The molecule has 0 atom stereocenters. The number of hydrogen-bond donors (Lipinski definition) is 4. The van der Waals surface area contributed by atoms with E-state index in [-0.39, 0.29) is 32.0 Å². The van der Waals surface area contributed by atoms with Gasteiger partial charge < -0.3 is 49.0 Å². The van der Waals surface area contributed by atoms with Crippen LogP contribution in [0.15, 0.2) is 18.2 Å². The van der Waals surface area contributed by atoms with E-state index >= 15 is 0 Å². The van der Waals surface area contributed by atoms with Gasteiger partial charge in [0, 0.05) is 57.6 Å². The van der Waals surface area contributed by atoms with Gasteiger partial charge in [0.1, 0.15) is 18.0 Å². The molecule has 4 N–H and O–H groups in total. The second-order valence-corrected chi connectivity index (χ2v) is 10.9. The first-order chi connectivity index (χ1) is 20.7. The number of aliphatic hydroxyl groups is 4. The second-order valence-electron chi connectivity index (χ2n) is 10.9. The molecule has 1 aliphatic heterocycles. The van der Waals surface area contributed by atoms with Gasteiger partial charge in [-0.3, -0.25) is 4.90 Å². The quantitative estimate of drug-likeness (QED) is 0.160. The number of para-hydroxylation sites is 1. The third kappa shape index (κ3) is 17.1. The summed E-state index contributed by atoms with van der Waals surface area (Å²) in [5.41, 5.74) is 0.899. The minimum absolute atomic E-state index is 0.141. The van der Waals surface area contributed by atoms with Crippen LogP contribution in [0.25, 0.3) is 0 Å². The van der Waals surface area contributed by atoms with E-state index in [2.05, 4.69) is 4.90 Å². The fourth-order valence-corrected chi connectivity index (χ4v) is 4.06. The van der Waals surface area contributed by atoms with E-state index < -0.39 is 5.60 Å². The molecular formula is C31H56N2O10. The lowest BCUT2D eigenvalue weighted by molar-refractivity contribution is -0.000755. The Morgan fingerprint density at radius 2 is 1.51 bits per heavy atom. The van der Waals surface area contributed by atoms with Crippen molar-refractivity contribution in [2.24, 2.45) is 0 Å². The predicted molar refractivity (Wildman–Crippen MR) is 163 cm³/mol. The van der Waals surface area contributed by atoms with E-state index in [1.54, 1.807) is 30.2 Å². The first kappa shape index (κ1) is 39.0. The summed E-state index contributed by atoms with van der Waals surface area (Å²) in [6.07, 6.45) is 2.34. The average Bonchev–Trinajstić information content (AvgIpc) is 3.01. The zero-order valence-corrected chi connectivity index (χ0v) is 26.7. The van der Waals surface area contributed by atoms with Crippen LogP contribution in [0.5, 0.6) is 5.75 Å². The van der Waals surface area contributed by atoms with Crippen molar-refractivity contribution in [3.8, 4) is 5.75 Å². The Labute approximate surface area is 257 Å². The lowest BCUT2D eigenvalue weighted by atomic mass is 10.1. The van der Waals surface area contributed by atoms with Gasteiger partial charge in [0.05, 0.1) is 52.4 Å². The van der Waals surface area contributed by atoms with Gasteiger partial charge in [-0.1, -0.05) is 25.1 Å². The molecule has 2 rings (SSSR count). The molecule has 12 heteroatoms. The summed E-state index contributed by atoms with van der Waals surface area (Å²) >= 11 is 0. The minimum atomic E-state index is -0.396. The van der Waals surface area contributed by atoms with Crippen molar-refractivity contribution in [2.75, 3.05) is 86.1 Å². The highest BCUT2D eigenvalue weighted by Crippen LogP contribution is 2.24. The van der Waals surface area contributed by atoms with Gasteiger partial charge in [-0.2, -0.15) is 0 Å². The van der Waals surface area contributed by atoms with Crippen molar-refractivity contribution in [1.29, 1.82) is 0 Å². The zero-order chi connectivity index (χ0) is 31.9. The first-order valence-corrected chi connectivity index (χ1v) is 15.3. The summed E-state index contributed by atoms with van der Waals surface area (Å²) < 4.78 is 27.2.